The molecule has 0 amide bonds. The van der Waals surface area contributed by atoms with Crippen molar-refractivity contribution < 1.29 is 13.9 Å². The van der Waals surface area contributed by atoms with Crippen molar-refractivity contribution in [2.45, 2.75) is 6.04 Å². The lowest BCUT2D eigenvalue weighted by molar-refractivity contribution is 0.384. The number of nitrogens with one attached hydrogen (secondary N) is 1. The third kappa shape index (κ3) is 2.72. The molecule has 5 heteroatoms. The van der Waals surface area contributed by atoms with E-state index in [0.29, 0.717) is 5.75 Å². The fraction of sp³-hybridized carbons (Fsp3) is 0.267. The Morgan fingerprint density at radius 1 is 1.15 bits per heavy atom. The van der Waals surface area contributed by atoms with Crippen molar-refractivity contribution in [3.8, 4) is 11.5 Å². The van der Waals surface area contributed by atoms with E-state index in [1.807, 2.05) is 13.1 Å². The van der Waals surface area contributed by atoms with Crippen molar-refractivity contribution in [1.29, 1.82) is 0 Å². The number of aromatic nitrogens is 1. The zero-order valence-electron chi connectivity index (χ0n) is 11.7. The van der Waals surface area contributed by atoms with Crippen LogP contribution in [0.3, 0.4) is 0 Å². The van der Waals surface area contributed by atoms with Crippen molar-refractivity contribution in [3.63, 3.8) is 0 Å². The van der Waals surface area contributed by atoms with Crippen LogP contribution in [0, 0.1) is 5.82 Å². The molecule has 0 aliphatic rings. The first-order valence-corrected chi connectivity index (χ1v) is 6.20. The van der Waals surface area contributed by atoms with E-state index in [9.17, 15) is 4.39 Å². The predicted molar refractivity (Wildman–Crippen MR) is 74.6 cm³/mol. The van der Waals surface area contributed by atoms with Gasteiger partial charge in [-0.3, -0.25) is 4.98 Å². The number of ether oxygens (including phenoxy) is 2. The van der Waals surface area contributed by atoms with Crippen molar-refractivity contribution in [2.24, 2.45) is 0 Å². The third-order valence-electron chi connectivity index (χ3n) is 3.09. The van der Waals surface area contributed by atoms with E-state index < -0.39 is 0 Å². The Kier molecular flexibility index (Phi) is 4.53. The zero-order valence-corrected chi connectivity index (χ0v) is 11.7. The lowest BCUT2D eigenvalue weighted by Crippen LogP contribution is -2.19. The minimum Gasteiger partial charge on any atom is -0.495 e. The predicted octanol–water partition coefficient (Wildman–Crippen LogP) is 2.55. The van der Waals surface area contributed by atoms with Gasteiger partial charge in [0.05, 0.1) is 20.3 Å². The molecule has 2 aromatic rings. The van der Waals surface area contributed by atoms with Gasteiger partial charge in [-0.25, -0.2) is 4.39 Å². The summed E-state index contributed by atoms with van der Waals surface area (Å²) in [5.41, 5.74) is 1.59. The molecule has 0 saturated carbocycles. The quantitative estimate of drug-likeness (QED) is 0.911. The maximum absolute atomic E-state index is 13.5. The maximum atomic E-state index is 13.5. The summed E-state index contributed by atoms with van der Waals surface area (Å²) in [5, 5.41) is 3.16. The molecule has 0 fully saturated rings. The molecule has 4 nitrogen and oxygen atoms in total. The van der Waals surface area contributed by atoms with Crippen molar-refractivity contribution in [3.05, 3.63) is 53.6 Å². The first-order valence-electron chi connectivity index (χ1n) is 6.20. The summed E-state index contributed by atoms with van der Waals surface area (Å²) in [4.78, 5) is 4.35. The molecule has 1 aromatic heterocycles. The Balaban J connectivity index is 2.47. The molecule has 0 aliphatic carbocycles. The standard InChI is InChI=1S/C15H17FN2O2/c1-17-14(15-12(19-2)5-4-8-18-15)10-6-7-11(16)13(9-10)20-3/h4-9,14,17H,1-3H3. The van der Waals surface area contributed by atoms with Crippen LogP contribution < -0.4 is 14.8 Å². The van der Waals surface area contributed by atoms with Gasteiger partial charge in [-0.1, -0.05) is 6.07 Å². The SMILES string of the molecule is CNC(c1ccc(F)c(OC)c1)c1ncccc1OC. The number of rotatable bonds is 5. The zero-order chi connectivity index (χ0) is 14.5. The van der Waals surface area contributed by atoms with Gasteiger partial charge in [0, 0.05) is 6.20 Å². The lowest BCUT2D eigenvalue weighted by atomic mass is 10.0. The van der Waals surface area contributed by atoms with Gasteiger partial charge in [0.1, 0.15) is 11.4 Å². The van der Waals surface area contributed by atoms with Gasteiger partial charge in [0.2, 0.25) is 0 Å². The molecule has 106 valence electrons. The Hall–Kier alpha value is -2.14. The maximum Gasteiger partial charge on any atom is 0.165 e. The Morgan fingerprint density at radius 2 is 1.90 bits per heavy atom. The highest BCUT2D eigenvalue weighted by atomic mass is 19.1. The Morgan fingerprint density at radius 3 is 2.55 bits per heavy atom. The van der Waals surface area contributed by atoms with Crippen LogP contribution in [-0.2, 0) is 0 Å². The third-order valence-corrected chi connectivity index (χ3v) is 3.09. The monoisotopic (exact) mass is 276 g/mol. The minimum absolute atomic E-state index is 0.206. The van der Waals surface area contributed by atoms with Crippen LogP contribution in [0.4, 0.5) is 4.39 Å². The van der Waals surface area contributed by atoms with Crippen molar-refractivity contribution in [2.75, 3.05) is 21.3 Å². The van der Waals surface area contributed by atoms with Gasteiger partial charge < -0.3 is 14.8 Å². The highest BCUT2D eigenvalue weighted by Crippen LogP contribution is 2.30. The van der Waals surface area contributed by atoms with Gasteiger partial charge in [-0.15, -0.1) is 0 Å². The Labute approximate surface area is 117 Å². The number of hydrogen-bond donors (Lipinski definition) is 1. The molecule has 1 heterocycles. The largest absolute Gasteiger partial charge is 0.495 e. The molecule has 1 unspecified atom stereocenters. The van der Waals surface area contributed by atoms with Crippen molar-refractivity contribution >= 4 is 0 Å². The molecule has 2 rings (SSSR count). The van der Waals surface area contributed by atoms with Crippen LogP contribution in [0.25, 0.3) is 0 Å². The van der Waals surface area contributed by atoms with Crippen LogP contribution in [-0.4, -0.2) is 26.3 Å². The molecule has 1 atom stereocenters. The number of benzene rings is 1. The van der Waals surface area contributed by atoms with Gasteiger partial charge in [-0.2, -0.15) is 0 Å². The van der Waals surface area contributed by atoms with E-state index in [0.717, 1.165) is 11.3 Å². The summed E-state index contributed by atoms with van der Waals surface area (Å²) in [6.45, 7) is 0. The topological polar surface area (TPSA) is 43.4 Å². The average Bonchev–Trinajstić information content (AvgIpc) is 2.50. The second-order valence-corrected chi connectivity index (χ2v) is 4.21. The number of halogens is 1. The van der Waals surface area contributed by atoms with Crippen LogP contribution in [0.1, 0.15) is 17.3 Å². The molecule has 0 spiro atoms. The summed E-state index contributed by atoms with van der Waals surface area (Å²) in [5.74, 6) is 0.492. The summed E-state index contributed by atoms with van der Waals surface area (Å²) >= 11 is 0. The number of nitrogens with zero attached hydrogens (tertiary/aromatic N) is 1. The van der Waals surface area contributed by atoms with E-state index in [1.165, 1.54) is 13.2 Å². The van der Waals surface area contributed by atoms with Crippen LogP contribution >= 0.6 is 0 Å². The highest BCUT2D eigenvalue weighted by molar-refractivity contribution is 5.40. The molecular weight excluding hydrogens is 259 g/mol. The molecule has 0 saturated heterocycles. The van der Waals surface area contributed by atoms with Crippen LogP contribution in [0.15, 0.2) is 36.5 Å². The average molecular weight is 276 g/mol. The second kappa shape index (κ2) is 6.34. The molecule has 0 radical (unpaired) electrons. The fourth-order valence-corrected chi connectivity index (χ4v) is 2.11. The summed E-state index contributed by atoms with van der Waals surface area (Å²) in [7, 11) is 4.85. The van der Waals surface area contributed by atoms with Crippen LogP contribution in [0.2, 0.25) is 0 Å². The van der Waals surface area contributed by atoms with Crippen molar-refractivity contribution in [1.82, 2.24) is 10.3 Å². The van der Waals surface area contributed by atoms with E-state index >= 15 is 0 Å². The first kappa shape index (κ1) is 14.3. The fourth-order valence-electron chi connectivity index (χ4n) is 2.11. The normalized spacial score (nSPS) is 12.0. The molecule has 0 bridgehead atoms. The summed E-state index contributed by atoms with van der Waals surface area (Å²) in [6, 6.07) is 8.18. The van der Waals surface area contributed by atoms with E-state index in [1.54, 1.807) is 31.5 Å². The molecule has 1 N–H and O–H groups in total. The second-order valence-electron chi connectivity index (χ2n) is 4.21. The van der Waals surface area contributed by atoms with Gasteiger partial charge >= 0.3 is 0 Å². The smallest absolute Gasteiger partial charge is 0.165 e. The molecular formula is C15H17FN2O2. The lowest BCUT2D eigenvalue weighted by Gasteiger charge is -2.19. The highest BCUT2D eigenvalue weighted by Gasteiger charge is 2.19. The van der Waals surface area contributed by atoms with E-state index in [4.69, 9.17) is 9.47 Å². The van der Waals surface area contributed by atoms with Crippen LogP contribution in [0.5, 0.6) is 11.5 Å². The summed E-state index contributed by atoms with van der Waals surface area (Å²) < 4.78 is 23.8. The Bertz CT molecular complexity index is 590. The van der Waals surface area contributed by atoms with Gasteiger partial charge in [0.25, 0.3) is 0 Å². The molecule has 20 heavy (non-hydrogen) atoms. The van der Waals surface area contributed by atoms with E-state index in [2.05, 4.69) is 10.3 Å². The first-order chi connectivity index (χ1) is 9.71. The molecule has 1 aromatic carbocycles. The van der Waals surface area contributed by atoms with Gasteiger partial charge in [-0.05, 0) is 36.9 Å². The minimum atomic E-state index is -0.390. The number of methoxy groups -OCH3 is 2. The number of pyridine rings is 1. The van der Waals surface area contributed by atoms with Gasteiger partial charge in [0.15, 0.2) is 11.6 Å². The number of hydrogen-bond acceptors (Lipinski definition) is 4. The van der Waals surface area contributed by atoms with E-state index in [-0.39, 0.29) is 17.6 Å². The summed E-state index contributed by atoms with van der Waals surface area (Å²) in [6.07, 6.45) is 1.70. The molecule has 0 aliphatic heterocycles.